The number of anilines is 1. The Morgan fingerprint density at radius 2 is 1.86 bits per heavy atom. The molecule has 0 aliphatic carbocycles. The fraction of sp³-hybridized carbons (Fsp3) is 0.150. The van der Waals surface area contributed by atoms with E-state index in [9.17, 15) is 14.0 Å². The number of thioether (sulfide) groups is 1. The third-order valence-electron chi connectivity index (χ3n) is 3.63. The Balaban J connectivity index is 1.52. The first kappa shape index (κ1) is 20.0. The van der Waals surface area contributed by atoms with Crippen LogP contribution < -0.4 is 5.32 Å². The topological polar surface area (TPSA) is 68.3 Å². The zero-order valence-corrected chi connectivity index (χ0v) is 16.6. The molecule has 0 atom stereocenters. The van der Waals surface area contributed by atoms with E-state index in [4.69, 9.17) is 4.74 Å². The summed E-state index contributed by atoms with van der Waals surface area (Å²) in [5.41, 5.74) is 2.62. The number of halogens is 1. The SMILES string of the molecule is CCOC(=O)c1ccc(NC(=O)CSc2nc(-c3ccc(F)cc3)cs2)cc1. The lowest BCUT2D eigenvalue weighted by Gasteiger charge is -2.06. The standard InChI is InChI=1S/C20H17FN2O3S2/c1-2-26-19(25)14-5-9-16(10-6-14)22-18(24)12-28-20-23-17(11-27-20)13-3-7-15(21)8-4-13/h3-11H,2,12H2,1H3,(H,22,24). The Labute approximate surface area is 170 Å². The molecule has 0 aliphatic heterocycles. The number of thiazole rings is 1. The molecule has 1 amide bonds. The van der Waals surface area contributed by atoms with Gasteiger partial charge in [-0.3, -0.25) is 4.79 Å². The minimum Gasteiger partial charge on any atom is -0.462 e. The molecular formula is C20H17FN2O3S2. The molecule has 0 saturated carbocycles. The quantitative estimate of drug-likeness (QED) is 0.440. The van der Waals surface area contributed by atoms with Crippen molar-refractivity contribution in [2.24, 2.45) is 0 Å². The summed E-state index contributed by atoms with van der Waals surface area (Å²) < 4.78 is 18.7. The number of amides is 1. The van der Waals surface area contributed by atoms with Crippen LogP contribution in [-0.4, -0.2) is 29.2 Å². The first-order valence-corrected chi connectivity index (χ1v) is 10.3. The number of hydrogen-bond donors (Lipinski definition) is 1. The van der Waals surface area contributed by atoms with Gasteiger partial charge in [0.2, 0.25) is 5.91 Å². The van der Waals surface area contributed by atoms with Crippen LogP contribution in [-0.2, 0) is 9.53 Å². The van der Waals surface area contributed by atoms with Gasteiger partial charge in [-0.25, -0.2) is 14.2 Å². The lowest BCUT2D eigenvalue weighted by molar-refractivity contribution is -0.113. The molecule has 28 heavy (non-hydrogen) atoms. The smallest absolute Gasteiger partial charge is 0.338 e. The molecule has 144 valence electrons. The average Bonchev–Trinajstić information content (AvgIpc) is 3.17. The van der Waals surface area contributed by atoms with Crippen LogP contribution in [0.1, 0.15) is 17.3 Å². The maximum atomic E-state index is 13.0. The van der Waals surface area contributed by atoms with E-state index in [0.29, 0.717) is 17.9 Å². The number of carbonyl (C=O) groups excluding carboxylic acids is 2. The van der Waals surface area contributed by atoms with Crippen molar-refractivity contribution in [1.82, 2.24) is 4.98 Å². The number of nitrogens with one attached hydrogen (secondary N) is 1. The van der Waals surface area contributed by atoms with Gasteiger partial charge in [0.1, 0.15) is 5.82 Å². The Morgan fingerprint density at radius 1 is 1.14 bits per heavy atom. The van der Waals surface area contributed by atoms with Gasteiger partial charge in [-0.15, -0.1) is 11.3 Å². The first-order chi connectivity index (χ1) is 13.5. The highest BCUT2D eigenvalue weighted by Crippen LogP contribution is 2.28. The van der Waals surface area contributed by atoms with Crippen molar-refractivity contribution < 1.29 is 18.7 Å². The number of rotatable bonds is 7. The molecule has 1 aromatic heterocycles. The number of carbonyl (C=O) groups is 2. The van der Waals surface area contributed by atoms with E-state index >= 15 is 0 Å². The molecule has 0 unspecified atom stereocenters. The molecule has 8 heteroatoms. The summed E-state index contributed by atoms with van der Waals surface area (Å²) in [6, 6.07) is 12.7. The summed E-state index contributed by atoms with van der Waals surface area (Å²) in [5, 5.41) is 4.65. The van der Waals surface area contributed by atoms with Crippen LogP contribution in [0.25, 0.3) is 11.3 Å². The molecule has 5 nitrogen and oxygen atoms in total. The van der Waals surface area contributed by atoms with Crippen LogP contribution >= 0.6 is 23.1 Å². The van der Waals surface area contributed by atoms with Gasteiger partial charge in [-0.05, 0) is 55.5 Å². The molecule has 0 saturated heterocycles. The van der Waals surface area contributed by atoms with Gasteiger partial charge in [-0.2, -0.15) is 0 Å². The number of hydrogen-bond acceptors (Lipinski definition) is 6. The van der Waals surface area contributed by atoms with E-state index in [0.717, 1.165) is 15.6 Å². The summed E-state index contributed by atoms with van der Waals surface area (Å²) in [6.45, 7) is 2.06. The molecular weight excluding hydrogens is 399 g/mol. The molecule has 0 aliphatic rings. The average molecular weight is 416 g/mol. The maximum Gasteiger partial charge on any atom is 0.338 e. The number of nitrogens with zero attached hydrogens (tertiary/aromatic N) is 1. The molecule has 1 N–H and O–H groups in total. The normalized spacial score (nSPS) is 10.5. The van der Waals surface area contributed by atoms with Crippen LogP contribution in [0, 0.1) is 5.82 Å². The Morgan fingerprint density at radius 3 is 2.54 bits per heavy atom. The summed E-state index contributed by atoms with van der Waals surface area (Å²) in [7, 11) is 0. The largest absolute Gasteiger partial charge is 0.462 e. The van der Waals surface area contributed by atoms with Crippen LogP contribution in [0.2, 0.25) is 0 Å². The van der Waals surface area contributed by atoms with Gasteiger partial charge >= 0.3 is 5.97 Å². The van der Waals surface area contributed by atoms with E-state index in [2.05, 4.69) is 10.3 Å². The van der Waals surface area contributed by atoms with Gasteiger partial charge in [-0.1, -0.05) is 11.8 Å². The third kappa shape index (κ3) is 5.40. The fourth-order valence-electron chi connectivity index (χ4n) is 2.31. The van der Waals surface area contributed by atoms with Crippen molar-refractivity contribution in [2.75, 3.05) is 17.7 Å². The zero-order chi connectivity index (χ0) is 19.9. The highest BCUT2D eigenvalue weighted by Gasteiger charge is 2.10. The maximum absolute atomic E-state index is 13.0. The molecule has 0 bridgehead atoms. The van der Waals surface area contributed by atoms with Crippen molar-refractivity contribution in [1.29, 1.82) is 0 Å². The lowest BCUT2D eigenvalue weighted by Crippen LogP contribution is -2.14. The predicted octanol–water partition coefficient (Wildman–Crippen LogP) is 4.86. The molecule has 3 aromatic rings. The summed E-state index contributed by atoms with van der Waals surface area (Å²) >= 11 is 2.76. The lowest BCUT2D eigenvalue weighted by atomic mass is 10.2. The van der Waals surface area contributed by atoms with Gasteiger partial charge in [0.05, 0.1) is 23.6 Å². The van der Waals surface area contributed by atoms with Crippen molar-refractivity contribution in [3.63, 3.8) is 0 Å². The Hall–Kier alpha value is -2.71. The minimum absolute atomic E-state index is 0.174. The van der Waals surface area contributed by atoms with E-state index < -0.39 is 5.97 Å². The summed E-state index contributed by atoms with van der Waals surface area (Å²) in [4.78, 5) is 28.2. The van der Waals surface area contributed by atoms with E-state index in [1.807, 2.05) is 5.38 Å². The molecule has 0 spiro atoms. The molecule has 1 heterocycles. The van der Waals surface area contributed by atoms with E-state index in [1.165, 1.54) is 35.2 Å². The Kier molecular flexibility index (Phi) is 6.78. The molecule has 0 fully saturated rings. The summed E-state index contributed by atoms with van der Waals surface area (Å²) in [5.74, 6) is -0.652. The van der Waals surface area contributed by atoms with Crippen LogP contribution in [0.5, 0.6) is 0 Å². The number of ether oxygens (including phenoxy) is 1. The summed E-state index contributed by atoms with van der Waals surface area (Å²) in [6.07, 6.45) is 0. The Bertz CT molecular complexity index is 956. The fourth-order valence-corrected chi connectivity index (χ4v) is 3.94. The first-order valence-electron chi connectivity index (χ1n) is 8.46. The predicted molar refractivity (Wildman–Crippen MR) is 109 cm³/mol. The highest BCUT2D eigenvalue weighted by molar-refractivity contribution is 8.01. The monoisotopic (exact) mass is 416 g/mol. The van der Waals surface area contributed by atoms with Crippen LogP contribution in [0.3, 0.4) is 0 Å². The van der Waals surface area contributed by atoms with Gasteiger partial charge in [0.25, 0.3) is 0 Å². The zero-order valence-electron chi connectivity index (χ0n) is 15.0. The van der Waals surface area contributed by atoms with Gasteiger partial charge in [0.15, 0.2) is 4.34 Å². The van der Waals surface area contributed by atoms with Crippen molar-refractivity contribution in [3.05, 3.63) is 65.3 Å². The molecule has 0 radical (unpaired) electrons. The van der Waals surface area contributed by atoms with Crippen molar-refractivity contribution >= 4 is 40.7 Å². The second-order valence-corrected chi connectivity index (χ2v) is 7.72. The molecule has 2 aromatic carbocycles. The van der Waals surface area contributed by atoms with Gasteiger partial charge in [0, 0.05) is 16.6 Å². The van der Waals surface area contributed by atoms with Crippen molar-refractivity contribution in [2.45, 2.75) is 11.3 Å². The number of aromatic nitrogens is 1. The number of esters is 1. The van der Waals surface area contributed by atoms with Gasteiger partial charge < -0.3 is 10.1 Å². The highest BCUT2D eigenvalue weighted by atomic mass is 32.2. The molecule has 3 rings (SSSR count). The third-order valence-corrected chi connectivity index (χ3v) is 5.65. The van der Waals surface area contributed by atoms with Crippen LogP contribution in [0.15, 0.2) is 58.3 Å². The van der Waals surface area contributed by atoms with Crippen molar-refractivity contribution in [3.8, 4) is 11.3 Å². The second-order valence-electron chi connectivity index (χ2n) is 5.64. The minimum atomic E-state index is -0.392. The number of benzene rings is 2. The second kappa shape index (κ2) is 9.48. The van der Waals surface area contributed by atoms with E-state index in [-0.39, 0.29) is 17.5 Å². The van der Waals surface area contributed by atoms with Crippen LogP contribution in [0.4, 0.5) is 10.1 Å². The van der Waals surface area contributed by atoms with E-state index in [1.54, 1.807) is 43.3 Å².